The van der Waals surface area contributed by atoms with E-state index >= 15 is 0 Å². The van der Waals surface area contributed by atoms with Crippen molar-refractivity contribution in [1.82, 2.24) is 19.6 Å². The molecule has 3 aliphatic heterocycles. The first-order chi connectivity index (χ1) is 18.6. The summed E-state index contributed by atoms with van der Waals surface area (Å²) >= 11 is 6.51. The molecule has 2 amide bonds. The monoisotopic (exact) mass is 557 g/mol. The lowest BCUT2D eigenvalue weighted by molar-refractivity contribution is -0.152. The van der Waals surface area contributed by atoms with Crippen LogP contribution in [0.15, 0.2) is 42.5 Å². The summed E-state index contributed by atoms with van der Waals surface area (Å²) in [5.41, 5.74) is -0.0468. The molecule has 3 fully saturated rings. The molecule has 3 aliphatic rings. The van der Waals surface area contributed by atoms with E-state index in [-0.39, 0.29) is 23.4 Å². The summed E-state index contributed by atoms with van der Waals surface area (Å²) in [6, 6.07) is 11.8. The smallest absolute Gasteiger partial charge is 0.258 e. The second-order valence-electron chi connectivity index (χ2n) is 11.2. The summed E-state index contributed by atoms with van der Waals surface area (Å²) in [7, 11) is 2.06. The third kappa shape index (κ3) is 6.06. The van der Waals surface area contributed by atoms with Gasteiger partial charge in [-0.25, -0.2) is 4.39 Å². The van der Waals surface area contributed by atoms with Gasteiger partial charge in [0.1, 0.15) is 5.82 Å². The van der Waals surface area contributed by atoms with Crippen LogP contribution >= 0.6 is 11.6 Å². The van der Waals surface area contributed by atoms with E-state index in [2.05, 4.69) is 22.2 Å². The number of carbonyl (C=O) groups excluding carboxylic acids is 2. The number of hydrogen-bond donors (Lipinski definition) is 2. The van der Waals surface area contributed by atoms with E-state index in [4.69, 9.17) is 11.6 Å². The number of anilines is 1. The number of piperidine rings is 1. The lowest BCUT2D eigenvalue weighted by Gasteiger charge is -2.48. The van der Waals surface area contributed by atoms with Crippen molar-refractivity contribution in [2.45, 2.75) is 37.5 Å². The molecule has 39 heavy (non-hydrogen) atoms. The first-order valence-corrected chi connectivity index (χ1v) is 14.1. The molecule has 10 heteroatoms. The average Bonchev–Trinajstić information content (AvgIpc) is 2.90. The standard InChI is InChI=1S/C29H37ClFN5O3/c1-29(39,20-4-3-5-21(31)16-20)28(38)35-10-8-24(9-11-35)36-18-23(19-36)32-22-6-7-25(26(30)17-22)27(37)34-14-12-33(2)13-15-34/h3-7,16-17,23-24,32,39H,8-15,18-19H2,1-2H3/t29-/m0/s1. The first-order valence-electron chi connectivity index (χ1n) is 13.7. The SMILES string of the molecule is CN1CCN(C(=O)c2ccc(NC3CN(C4CCN(C(=O)[C@@](C)(O)c5cccc(F)c5)CC4)C3)cc2Cl)CC1. The predicted molar refractivity (Wildman–Crippen MR) is 149 cm³/mol. The molecular formula is C29H37ClFN5O3. The summed E-state index contributed by atoms with van der Waals surface area (Å²) in [5, 5.41) is 14.9. The Kier molecular flexibility index (Phi) is 8.14. The molecule has 2 aromatic carbocycles. The summed E-state index contributed by atoms with van der Waals surface area (Å²) < 4.78 is 13.6. The average molecular weight is 558 g/mol. The molecule has 5 rings (SSSR count). The van der Waals surface area contributed by atoms with Crippen LogP contribution in [0.25, 0.3) is 0 Å². The number of nitrogens with zero attached hydrogens (tertiary/aromatic N) is 4. The Hall–Kier alpha value is -2.72. The topological polar surface area (TPSA) is 79.4 Å². The fourth-order valence-corrected chi connectivity index (χ4v) is 6.01. The van der Waals surface area contributed by atoms with Crippen LogP contribution in [-0.4, -0.2) is 108 Å². The molecule has 2 aromatic rings. The highest BCUT2D eigenvalue weighted by Gasteiger charge is 2.40. The minimum Gasteiger partial charge on any atom is -0.380 e. The molecule has 0 aromatic heterocycles. The maximum atomic E-state index is 13.6. The highest BCUT2D eigenvalue weighted by Crippen LogP contribution is 2.29. The molecule has 0 spiro atoms. The number of carbonyl (C=O) groups is 2. The Morgan fingerprint density at radius 1 is 1.00 bits per heavy atom. The molecular weight excluding hydrogens is 521 g/mol. The van der Waals surface area contributed by atoms with Crippen molar-refractivity contribution in [3.05, 3.63) is 64.4 Å². The molecule has 0 saturated carbocycles. The normalized spacial score (nSPS) is 21.4. The van der Waals surface area contributed by atoms with Gasteiger partial charge in [-0.3, -0.25) is 14.5 Å². The zero-order valence-corrected chi connectivity index (χ0v) is 23.3. The number of likely N-dealkylation sites (tertiary alicyclic amines) is 2. The molecule has 2 N–H and O–H groups in total. The van der Waals surface area contributed by atoms with E-state index in [9.17, 15) is 19.1 Å². The molecule has 3 heterocycles. The maximum absolute atomic E-state index is 13.6. The van der Waals surface area contributed by atoms with Crippen LogP contribution in [0.4, 0.5) is 10.1 Å². The van der Waals surface area contributed by atoms with Gasteiger partial charge in [0.15, 0.2) is 5.60 Å². The highest BCUT2D eigenvalue weighted by atomic mass is 35.5. The van der Waals surface area contributed by atoms with Gasteiger partial charge in [-0.2, -0.15) is 0 Å². The van der Waals surface area contributed by atoms with Gasteiger partial charge in [0.25, 0.3) is 11.8 Å². The highest BCUT2D eigenvalue weighted by molar-refractivity contribution is 6.34. The second-order valence-corrected chi connectivity index (χ2v) is 11.6. The summed E-state index contributed by atoms with van der Waals surface area (Å²) in [5.74, 6) is -0.879. The Balaban J connectivity index is 1.08. The second kappa shape index (κ2) is 11.4. The van der Waals surface area contributed by atoms with Gasteiger partial charge in [0.05, 0.1) is 16.6 Å². The molecule has 0 bridgehead atoms. The van der Waals surface area contributed by atoms with Gasteiger partial charge in [0.2, 0.25) is 0 Å². The van der Waals surface area contributed by atoms with Crippen molar-refractivity contribution in [3.8, 4) is 0 Å². The maximum Gasteiger partial charge on any atom is 0.258 e. The van der Waals surface area contributed by atoms with Crippen molar-refractivity contribution in [3.63, 3.8) is 0 Å². The minimum absolute atomic E-state index is 0.0169. The number of benzene rings is 2. The van der Waals surface area contributed by atoms with Crippen LogP contribution in [0.2, 0.25) is 5.02 Å². The zero-order valence-electron chi connectivity index (χ0n) is 22.6. The molecule has 8 nitrogen and oxygen atoms in total. The van der Waals surface area contributed by atoms with Gasteiger partial charge in [-0.15, -0.1) is 0 Å². The number of halogens is 2. The molecule has 0 unspecified atom stereocenters. The molecule has 0 radical (unpaired) electrons. The lowest BCUT2D eigenvalue weighted by Crippen LogP contribution is -2.61. The summed E-state index contributed by atoms with van der Waals surface area (Å²) in [6.07, 6.45) is 1.65. The molecule has 1 atom stereocenters. The number of amides is 2. The Bertz CT molecular complexity index is 1210. The molecule has 3 saturated heterocycles. The van der Waals surface area contributed by atoms with E-state index in [1.165, 1.54) is 25.1 Å². The van der Waals surface area contributed by atoms with E-state index < -0.39 is 11.4 Å². The van der Waals surface area contributed by atoms with Gasteiger partial charge in [-0.05, 0) is 62.7 Å². The van der Waals surface area contributed by atoms with E-state index in [1.54, 1.807) is 11.0 Å². The number of nitrogens with one attached hydrogen (secondary N) is 1. The number of likely N-dealkylation sites (N-methyl/N-ethyl adjacent to an activating group) is 1. The van der Waals surface area contributed by atoms with E-state index in [0.29, 0.717) is 42.8 Å². The van der Waals surface area contributed by atoms with Crippen molar-refractivity contribution < 1.29 is 19.1 Å². The van der Waals surface area contributed by atoms with Gasteiger partial charge in [-0.1, -0.05) is 23.7 Å². The fraction of sp³-hybridized carbons (Fsp3) is 0.517. The summed E-state index contributed by atoms with van der Waals surface area (Å²) in [6.45, 7) is 7.48. The number of hydrogen-bond acceptors (Lipinski definition) is 6. The van der Waals surface area contributed by atoms with Crippen molar-refractivity contribution in [2.75, 3.05) is 64.7 Å². The largest absolute Gasteiger partial charge is 0.380 e. The number of piperazine rings is 1. The Labute approximate surface area is 234 Å². The van der Waals surface area contributed by atoms with Gasteiger partial charge < -0.3 is 25.1 Å². The van der Waals surface area contributed by atoms with Gasteiger partial charge in [0, 0.05) is 64.1 Å². The lowest BCUT2D eigenvalue weighted by atomic mass is 9.92. The van der Waals surface area contributed by atoms with Crippen LogP contribution in [0.3, 0.4) is 0 Å². The van der Waals surface area contributed by atoms with E-state index in [0.717, 1.165) is 44.7 Å². The fourth-order valence-electron chi connectivity index (χ4n) is 5.75. The van der Waals surface area contributed by atoms with Crippen LogP contribution in [-0.2, 0) is 10.4 Å². The first kappa shape index (κ1) is 27.8. The third-order valence-electron chi connectivity index (χ3n) is 8.34. The van der Waals surface area contributed by atoms with Crippen molar-refractivity contribution >= 4 is 29.1 Å². The Morgan fingerprint density at radius 3 is 2.33 bits per heavy atom. The van der Waals surface area contributed by atoms with Crippen LogP contribution in [0.5, 0.6) is 0 Å². The predicted octanol–water partition coefficient (Wildman–Crippen LogP) is 2.86. The Morgan fingerprint density at radius 2 is 1.69 bits per heavy atom. The third-order valence-corrected chi connectivity index (χ3v) is 8.65. The van der Waals surface area contributed by atoms with Gasteiger partial charge >= 0.3 is 0 Å². The van der Waals surface area contributed by atoms with E-state index in [1.807, 2.05) is 23.1 Å². The zero-order chi connectivity index (χ0) is 27.7. The molecule has 210 valence electrons. The van der Waals surface area contributed by atoms with Crippen LogP contribution in [0, 0.1) is 5.82 Å². The number of rotatable bonds is 6. The quantitative estimate of drug-likeness (QED) is 0.569. The molecule has 0 aliphatic carbocycles. The van der Waals surface area contributed by atoms with Crippen molar-refractivity contribution in [2.24, 2.45) is 0 Å². The van der Waals surface area contributed by atoms with Crippen LogP contribution in [0.1, 0.15) is 35.7 Å². The van der Waals surface area contributed by atoms with Crippen LogP contribution < -0.4 is 5.32 Å². The summed E-state index contributed by atoms with van der Waals surface area (Å²) in [4.78, 5) is 34.1. The number of aliphatic hydroxyl groups is 1. The minimum atomic E-state index is -1.76. The van der Waals surface area contributed by atoms with Crippen molar-refractivity contribution in [1.29, 1.82) is 0 Å².